The van der Waals surface area contributed by atoms with Crippen LogP contribution in [-0.4, -0.2) is 32.3 Å². The van der Waals surface area contributed by atoms with Crippen LogP contribution in [0.25, 0.3) is 0 Å². The van der Waals surface area contributed by atoms with E-state index in [0.717, 1.165) is 45.2 Å². The summed E-state index contributed by atoms with van der Waals surface area (Å²) in [6.45, 7) is 3.78. The maximum atomic E-state index is 11.6. The number of piperidine rings is 1. The van der Waals surface area contributed by atoms with Crippen LogP contribution < -0.4 is 4.83 Å². The number of unbranched alkanes of at least 4 members (excludes halogenated alkanes) is 2. The molecule has 0 saturated carbocycles. The fraction of sp³-hybridized carbons (Fsp3) is 1.00. The highest BCUT2D eigenvalue weighted by Gasteiger charge is 2.16. The van der Waals surface area contributed by atoms with Crippen LogP contribution in [0.5, 0.6) is 0 Å². The van der Waals surface area contributed by atoms with Crippen molar-refractivity contribution in [2.75, 3.05) is 18.8 Å². The van der Waals surface area contributed by atoms with Crippen LogP contribution in [0, 0.1) is 0 Å². The second kappa shape index (κ2) is 6.45. The Labute approximate surface area is 93.1 Å². The molecule has 0 atom stereocenters. The van der Waals surface area contributed by atoms with E-state index in [2.05, 4.69) is 11.8 Å². The fourth-order valence-corrected chi connectivity index (χ4v) is 3.02. The van der Waals surface area contributed by atoms with E-state index in [1.165, 1.54) is 6.42 Å². The van der Waals surface area contributed by atoms with E-state index in [0.29, 0.717) is 0 Å². The number of nitrogens with zero attached hydrogens (tertiary/aromatic N) is 1. The Balaban J connectivity index is 2.27. The Morgan fingerprint density at radius 3 is 2.40 bits per heavy atom. The van der Waals surface area contributed by atoms with Gasteiger partial charge in [0.2, 0.25) is 10.0 Å². The zero-order valence-electron chi connectivity index (χ0n) is 9.54. The van der Waals surface area contributed by atoms with Crippen LogP contribution >= 0.6 is 0 Å². The molecule has 4 nitrogen and oxygen atoms in total. The van der Waals surface area contributed by atoms with E-state index in [1.807, 2.05) is 5.01 Å². The molecule has 0 aliphatic carbocycles. The third-order valence-corrected chi connectivity index (χ3v) is 4.00. The monoisotopic (exact) mass is 234 g/mol. The van der Waals surface area contributed by atoms with Crippen LogP contribution in [0.4, 0.5) is 0 Å². The Hall–Kier alpha value is -0.130. The summed E-state index contributed by atoms with van der Waals surface area (Å²) in [6.07, 6.45) is 6.21. The first-order valence-corrected chi connectivity index (χ1v) is 7.54. The van der Waals surface area contributed by atoms with Crippen LogP contribution in [0.2, 0.25) is 0 Å². The van der Waals surface area contributed by atoms with Crippen LogP contribution in [0.1, 0.15) is 45.4 Å². The van der Waals surface area contributed by atoms with Gasteiger partial charge < -0.3 is 0 Å². The zero-order valence-corrected chi connectivity index (χ0v) is 10.4. The van der Waals surface area contributed by atoms with Gasteiger partial charge in [-0.3, -0.25) is 0 Å². The second-order valence-corrected chi connectivity index (χ2v) is 5.99. The lowest BCUT2D eigenvalue weighted by atomic mass is 10.2. The predicted octanol–water partition coefficient (Wildman–Crippen LogP) is 1.50. The van der Waals surface area contributed by atoms with E-state index >= 15 is 0 Å². The van der Waals surface area contributed by atoms with Crippen molar-refractivity contribution < 1.29 is 8.42 Å². The largest absolute Gasteiger partial charge is 0.231 e. The minimum atomic E-state index is -3.08. The Morgan fingerprint density at radius 2 is 1.80 bits per heavy atom. The summed E-state index contributed by atoms with van der Waals surface area (Å²) in [5, 5.41) is 1.84. The number of sulfonamides is 1. The van der Waals surface area contributed by atoms with Gasteiger partial charge in [0, 0.05) is 13.1 Å². The Morgan fingerprint density at radius 1 is 1.13 bits per heavy atom. The number of hydrazine groups is 1. The maximum absolute atomic E-state index is 11.6. The summed E-state index contributed by atoms with van der Waals surface area (Å²) < 4.78 is 23.2. The number of nitrogens with one attached hydrogen (secondary N) is 1. The van der Waals surface area contributed by atoms with Crippen LogP contribution in [-0.2, 0) is 10.0 Å². The molecule has 0 radical (unpaired) electrons. The van der Waals surface area contributed by atoms with Gasteiger partial charge in [-0.15, -0.1) is 4.83 Å². The van der Waals surface area contributed by atoms with Gasteiger partial charge in [0.05, 0.1) is 5.75 Å². The molecule has 15 heavy (non-hydrogen) atoms. The smallest absolute Gasteiger partial charge is 0.224 e. The van der Waals surface area contributed by atoms with Crippen molar-refractivity contribution in [2.45, 2.75) is 45.4 Å². The van der Waals surface area contributed by atoms with Gasteiger partial charge in [-0.05, 0) is 19.3 Å². The molecule has 0 aromatic rings. The fourth-order valence-electron chi connectivity index (χ4n) is 1.77. The minimum Gasteiger partial charge on any atom is -0.231 e. The standard InChI is InChI=1S/C10H22N2O2S/c1-2-3-7-10-15(13,14)11-12-8-5-4-6-9-12/h11H,2-10H2,1H3. The molecule has 90 valence electrons. The van der Waals surface area contributed by atoms with E-state index in [1.54, 1.807) is 0 Å². The van der Waals surface area contributed by atoms with Crippen molar-refractivity contribution in [1.29, 1.82) is 0 Å². The molecule has 1 N–H and O–H groups in total. The average Bonchev–Trinajstić information content (AvgIpc) is 2.18. The van der Waals surface area contributed by atoms with E-state index in [9.17, 15) is 8.42 Å². The first kappa shape index (κ1) is 12.9. The first-order chi connectivity index (χ1) is 7.14. The molecule has 1 fully saturated rings. The molecule has 1 heterocycles. The summed E-state index contributed by atoms with van der Waals surface area (Å²) in [7, 11) is -3.08. The summed E-state index contributed by atoms with van der Waals surface area (Å²) in [6, 6.07) is 0. The normalized spacial score (nSPS) is 19.3. The molecule has 5 heteroatoms. The molecule has 0 amide bonds. The molecule has 1 saturated heterocycles. The highest BCUT2D eigenvalue weighted by Crippen LogP contribution is 2.07. The predicted molar refractivity (Wildman–Crippen MR) is 61.9 cm³/mol. The van der Waals surface area contributed by atoms with Crippen molar-refractivity contribution in [3.63, 3.8) is 0 Å². The van der Waals surface area contributed by atoms with Gasteiger partial charge in [0.1, 0.15) is 0 Å². The van der Waals surface area contributed by atoms with E-state index < -0.39 is 10.0 Å². The molecule has 1 rings (SSSR count). The van der Waals surface area contributed by atoms with Crippen molar-refractivity contribution in [1.82, 2.24) is 9.84 Å². The summed E-state index contributed by atoms with van der Waals surface area (Å²) in [5.74, 6) is 0.261. The summed E-state index contributed by atoms with van der Waals surface area (Å²) in [5.41, 5.74) is 0. The molecular formula is C10H22N2O2S. The first-order valence-electron chi connectivity index (χ1n) is 5.89. The molecule has 1 aliphatic heterocycles. The Bertz CT molecular complexity index is 259. The average molecular weight is 234 g/mol. The topological polar surface area (TPSA) is 49.4 Å². The molecule has 0 unspecified atom stereocenters. The molecular weight excluding hydrogens is 212 g/mol. The van der Waals surface area contributed by atoms with Gasteiger partial charge in [-0.1, -0.05) is 26.2 Å². The molecule has 0 bridgehead atoms. The van der Waals surface area contributed by atoms with E-state index in [-0.39, 0.29) is 5.75 Å². The highest BCUT2D eigenvalue weighted by molar-refractivity contribution is 7.89. The third-order valence-electron chi connectivity index (χ3n) is 2.64. The molecule has 0 aromatic heterocycles. The highest BCUT2D eigenvalue weighted by atomic mass is 32.2. The minimum absolute atomic E-state index is 0.261. The van der Waals surface area contributed by atoms with Crippen LogP contribution in [0.15, 0.2) is 0 Å². The molecule has 0 spiro atoms. The number of hydrogen-bond donors (Lipinski definition) is 1. The quantitative estimate of drug-likeness (QED) is 0.709. The lowest BCUT2D eigenvalue weighted by Crippen LogP contribution is -2.45. The van der Waals surface area contributed by atoms with Gasteiger partial charge in [-0.25, -0.2) is 13.4 Å². The summed E-state index contributed by atoms with van der Waals surface area (Å²) in [4.78, 5) is 2.66. The maximum Gasteiger partial charge on any atom is 0.224 e. The van der Waals surface area contributed by atoms with E-state index in [4.69, 9.17) is 0 Å². The Kier molecular flexibility index (Phi) is 5.56. The number of rotatable bonds is 6. The molecule has 0 aromatic carbocycles. The van der Waals surface area contributed by atoms with Crippen molar-refractivity contribution in [2.24, 2.45) is 0 Å². The molecule has 1 aliphatic rings. The second-order valence-electron chi connectivity index (χ2n) is 4.16. The van der Waals surface area contributed by atoms with Gasteiger partial charge in [0.15, 0.2) is 0 Å². The third kappa shape index (κ3) is 5.49. The van der Waals surface area contributed by atoms with Crippen molar-refractivity contribution >= 4 is 10.0 Å². The van der Waals surface area contributed by atoms with Gasteiger partial charge in [-0.2, -0.15) is 0 Å². The van der Waals surface area contributed by atoms with Crippen molar-refractivity contribution in [3.05, 3.63) is 0 Å². The van der Waals surface area contributed by atoms with Crippen LogP contribution in [0.3, 0.4) is 0 Å². The summed E-state index contributed by atoms with van der Waals surface area (Å²) >= 11 is 0. The lowest BCUT2D eigenvalue weighted by molar-refractivity contribution is 0.200. The van der Waals surface area contributed by atoms with Gasteiger partial charge >= 0.3 is 0 Å². The van der Waals surface area contributed by atoms with Gasteiger partial charge in [0.25, 0.3) is 0 Å². The van der Waals surface area contributed by atoms with Crippen molar-refractivity contribution in [3.8, 4) is 0 Å². The number of hydrogen-bond acceptors (Lipinski definition) is 3. The lowest BCUT2D eigenvalue weighted by Gasteiger charge is -2.26. The zero-order chi connectivity index (χ0) is 11.1. The SMILES string of the molecule is CCCCCS(=O)(=O)NN1CCCCC1.